The third-order valence-electron chi connectivity index (χ3n) is 4.57. The van der Waals surface area contributed by atoms with Crippen LogP contribution >= 0.6 is 0 Å². The van der Waals surface area contributed by atoms with Gasteiger partial charge in [0.05, 0.1) is 15.4 Å². The number of H-pyrrole nitrogens is 1. The second kappa shape index (κ2) is 8.97. The normalized spacial score (nSPS) is 11.6. The van der Waals surface area contributed by atoms with Crippen molar-refractivity contribution < 1.29 is 31.3 Å². The van der Waals surface area contributed by atoms with Gasteiger partial charge in [-0.2, -0.15) is 13.2 Å². The fraction of sp³-hybridized carbons (Fsp3) is 0.100. The molecule has 178 valence electrons. The number of hydrogen-bond acceptors (Lipinski definition) is 6. The van der Waals surface area contributed by atoms with Crippen molar-refractivity contribution in [3.05, 3.63) is 91.9 Å². The molecule has 1 amide bonds. The van der Waals surface area contributed by atoms with E-state index in [0.717, 1.165) is 6.07 Å². The highest BCUT2D eigenvalue weighted by molar-refractivity contribution is 7.92. The highest BCUT2D eigenvalue weighted by Gasteiger charge is 2.31. The summed E-state index contributed by atoms with van der Waals surface area (Å²) in [6, 6.07) is 8.62. The number of nitro benzene ring substituents is 1. The van der Waals surface area contributed by atoms with Crippen LogP contribution in [0, 0.1) is 17.0 Å². The van der Waals surface area contributed by atoms with Gasteiger partial charge in [-0.25, -0.2) is 8.42 Å². The van der Waals surface area contributed by atoms with E-state index in [1.165, 1.54) is 43.3 Å². The lowest BCUT2D eigenvalue weighted by Gasteiger charge is -2.11. The van der Waals surface area contributed by atoms with Crippen LogP contribution in [0.2, 0.25) is 0 Å². The average Bonchev–Trinajstić information content (AvgIpc) is 2.74. The number of rotatable bonds is 6. The molecule has 0 fully saturated rings. The number of carbonyl (C=O) groups excluding carboxylic acids is 1. The zero-order chi connectivity index (χ0) is 25.3. The maximum atomic E-state index is 12.8. The molecular formula is C20H15F3N4O6S. The number of aromatic nitrogens is 1. The third-order valence-corrected chi connectivity index (χ3v) is 5.94. The van der Waals surface area contributed by atoms with Crippen molar-refractivity contribution in [2.45, 2.75) is 18.0 Å². The third kappa shape index (κ3) is 5.40. The summed E-state index contributed by atoms with van der Waals surface area (Å²) in [4.78, 5) is 36.0. The van der Waals surface area contributed by atoms with Crippen LogP contribution < -0.4 is 15.6 Å². The van der Waals surface area contributed by atoms with E-state index in [9.17, 15) is 41.3 Å². The van der Waals surface area contributed by atoms with E-state index in [1.807, 2.05) is 4.98 Å². The van der Waals surface area contributed by atoms with Crippen LogP contribution in [0.5, 0.6) is 0 Å². The molecule has 1 aromatic heterocycles. The first-order valence-electron chi connectivity index (χ1n) is 9.27. The molecule has 0 bridgehead atoms. The van der Waals surface area contributed by atoms with E-state index in [2.05, 4.69) is 10.0 Å². The number of aryl methyl sites for hydroxylation is 1. The highest BCUT2D eigenvalue weighted by atomic mass is 32.2. The molecule has 1 heterocycles. The fourth-order valence-corrected chi connectivity index (χ4v) is 3.87. The number of benzene rings is 2. The van der Waals surface area contributed by atoms with Gasteiger partial charge in [0.25, 0.3) is 27.2 Å². The molecular weight excluding hydrogens is 481 g/mol. The van der Waals surface area contributed by atoms with Gasteiger partial charge in [-0.15, -0.1) is 0 Å². The van der Waals surface area contributed by atoms with Crippen molar-refractivity contribution in [1.29, 1.82) is 0 Å². The number of pyridine rings is 1. The van der Waals surface area contributed by atoms with Crippen LogP contribution in [-0.2, 0) is 16.2 Å². The first-order valence-corrected chi connectivity index (χ1v) is 10.8. The fourth-order valence-electron chi connectivity index (χ4n) is 2.79. The Hall–Kier alpha value is -4.20. The molecule has 3 rings (SSSR count). The van der Waals surface area contributed by atoms with E-state index in [4.69, 9.17) is 0 Å². The molecule has 0 saturated heterocycles. The van der Waals surface area contributed by atoms with Gasteiger partial charge in [0.2, 0.25) is 0 Å². The minimum absolute atomic E-state index is 0.0108. The Balaban J connectivity index is 1.78. The van der Waals surface area contributed by atoms with E-state index in [1.54, 1.807) is 0 Å². The van der Waals surface area contributed by atoms with E-state index < -0.39 is 43.8 Å². The topological polar surface area (TPSA) is 151 Å². The Morgan fingerprint density at radius 2 is 1.74 bits per heavy atom. The molecule has 2 aromatic carbocycles. The Morgan fingerprint density at radius 3 is 2.32 bits per heavy atom. The predicted molar refractivity (Wildman–Crippen MR) is 115 cm³/mol. The minimum atomic E-state index is -4.74. The highest BCUT2D eigenvalue weighted by Crippen LogP contribution is 2.29. The number of aromatic amines is 1. The lowest BCUT2D eigenvalue weighted by Crippen LogP contribution is -2.21. The van der Waals surface area contributed by atoms with Crippen molar-refractivity contribution in [3.8, 4) is 0 Å². The molecule has 0 aliphatic rings. The summed E-state index contributed by atoms with van der Waals surface area (Å²) < 4.78 is 65.8. The number of amides is 1. The predicted octanol–water partition coefficient (Wildman–Crippen LogP) is 3.66. The van der Waals surface area contributed by atoms with Crippen LogP contribution in [0.3, 0.4) is 0 Å². The number of carbonyl (C=O) groups is 1. The number of nitrogens with zero attached hydrogens (tertiary/aromatic N) is 1. The number of hydrogen-bond donors (Lipinski definition) is 3. The summed E-state index contributed by atoms with van der Waals surface area (Å²) in [6.45, 7) is 1.46. The summed E-state index contributed by atoms with van der Waals surface area (Å²) in [6.07, 6.45) is -4.26. The van der Waals surface area contributed by atoms with Gasteiger partial charge in [-0.05, 0) is 43.3 Å². The summed E-state index contributed by atoms with van der Waals surface area (Å²) in [5.74, 6) is -0.909. The SMILES string of the molecule is Cc1ccc(S(=O)(=O)Nc2ccc(C(=O)Nc3cc(C(F)(F)F)c[nH]c3=O)cc2)cc1[N+](=O)[O-]. The zero-order valence-electron chi connectivity index (χ0n) is 17.1. The van der Waals surface area contributed by atoms with Gasteiger partial charge in [0.1, 0.15) is 5.69 Å². The Labute approximate surface area is 189 Å². The molecule has 3 aromatic rings. The summed E-state index contributed by atoms with van der Waals surface area (Å²) >= 11 is 0. The molecule has 0 aliphatic carbocycles. The van der Waals surface area contributed by atoms with Crippen LogP contribution in [0.25, 0.3) is 0 Å². The molecule has 34 heavy (non-hydrogen) atoms. The van der Waals surface area contributed by atoms with Crippen LogP contribution in [0.4, 0.5) is 30.2 Å². The standard InChI is InChI=1S/C20H15F3N4O6S/c1-11-2-7-15(9-17(11)27(30)31)34(32,33)26-14-5-3-12(4-6-14)18(28)25-16-8-13(20(21,22)23)10-24-19(16)29/h2-10,26H,1H3,(H,24,29)(H,25,28). The van der Waals surface area contributed by atoms with Crippen LogP contribution in [-0.4, -0.2) is 24.2 Å². The maximum Gasteiger partial charge on any atom is 0.417 e. The second-order valence-corrected chi connectivity index (χ2v) is 8.65. The van der Waals surface area contributed by atoms with Gasteiger partial charge in [0, 0.05) is 29.1 Å². The molecule has 0 spiro atoms. The molecule has 10 nitrogen and oxygen atoms in total. The van der Waals surface area contributed by atoms with Crippen LogP contribution in [0.15, 0.2) is 64.4 Å². The summed E-state index contributed by atoms with van der Waals surface area (Å²) in [7, 11) is -4.20. The Bertz CT molecular complexity index is 1430. The minimum Gasteiger partial charge on any atom is -0.327 e. The Kier molecular flexibility index (Phi) is 6.45. The van der Waals surface area contributed by atoms with Gasteiger partial charge in [-0.1, -0.05) is 6.07 Å². The molecule has 14 heteroatoms. The van der Waals surface area contributed by atoms with E-state index in [0.29, 0.717) is 12.3 Å². The Morgan fingerprint density at radius 1 is 1.09 bits per heavy atom. The number of alkyl halides is 3. The van der Waals surface area contributed by atoms with Gasteiger partial charge in [-0.3, -0.25) is 24.4 Å². The summed E-state index contributed by atoms with van der Waals surface area (Å²) in [5, 5.41) is 13.1. The summed E-state index contributed by atoms with van der Waals surface area (Å²) in [5.41, 5.74) is -2.90. The van der Waals surface area contributed by atoms with Crippen LogP contribution in [0.1, 0.15) is 21.5 Å². The molecule has 0 aliphatic heterocycles. The largest absolute Gasteiger partial charge is 0.417 e. The molecule has 0 radical (unpaired) electrons. The van der Waals surface area contributed by atoms with Crippen molar-refractivity contribution in [2.24, 2.45) is 0 Å². The first kappa shape index (κ1) is 24.4. The molecule has 0 unspecified atom stereocenters. The van der Waals surface area contributed by atoms with Crippen molar-refractivity contribution >= 4 is 33.0 Å². The number of halogens is 3. The number of nitrogens with one attached hydrogen (secondary N) is 3. The average molecular weight is 496 g/mol. The number of sulfonamides is 1. The first-order chi connectivity index (χ1) is 15.8. The monoisotopic (exact) mass is 496 g/mol. The lowest BCUT2D eigenvalue weighted by molar-refractivity contribution is -0.385. The van der Waals surface area contributed by atoms with Gasteiger partial charge >= 0.3 is 6.18 Å². The lowest BCUT2D eigenvalue weighted by atomic mass is 10.2. The second-order valence-electron chi connectivity index (χ2n) is 6.97. The molecule has 0 atom stereocenters. The zero-order valence-corrected chi connectivity index (χ0v) is 18.0. The smallest absolute Gasteiger partial charge is 0.327 e. The van der Waals surface area contributed by atoms with Gasteiger partial charge in [0.15, 0.2) is 0 Å². The van der Waals surface area contributed by atoms with Crippen molar-refractivity contribution in [1.82, 2.24) is 4.98 Å². The molecule has 3 N–H and O–H groups in total. The van der Waals surface area contributed by atoms with Crippen molar-refractivity contribution in [3.63, 3.8) is 0 Å². The maximum absolute atomic E-state index is 12.8. The van der Waals surface area contributed by atoms with Crippen molar-refractivity contribution in [2.75, 3.05) is 10.0 Å². The van der Waals surface area contributed by atoms with E-state index >= 15 is 0 Å². The molecule has 0 saturated carbocycles. The number of anilines is 2. The van der Waals surface area contributed by atoms with Gasteiger partial charge < -0.3 is 10.3 Å². The number of nitro groups is 1. The van der Waals surface area contributed by atoms with E-state index in [-0.39, 0.29) is 27.4 Å². The quantitative estimate of drug-likeness (QED) is 0.350.